The van der Waals surface area contributed by atoms with Crippen LogP contribution in [0.3, 0.4) is 0 Å². The van der Waals surface area contributed by atoms with Crippen LogP contribution < -0.4 is 16.9 Å². The highest BCUT2D eigenvalue weighted by molar-refractivity contribution is 5.75. The van der Waals surface area contributed by atoms with E-state index in [0.717, 1.165) is 0 Å². The molecule has 0 saturated heterocycles. The number of H-pyrrole nitrogens is 1. The zero-order valence-corrected chi connectivity index (χ0v) is 10.4. The fourth-order valence-corrected chi connectivity index (χ4v) is 2.00. The Morgan fingerprint density at radius 2 is 2.00 bits per heavy atom. The summed E-state index contributed by atoms with van der Waals surface area (Å²) in [6, 6.07) is 1.07. The maximum Gasteiger partial charge on any atom is 0.337 e. The van der Waals surface area contributed by atoms with Crippen molar-refractivity contribution >= 4 is 11.1 Å². The molecule has 0 aliphatic heterocycles. The van der Waals surface area contributed by atoms with E-state index in [1.54, 1.807) is 13.8 Å². The molecule has 2 aromatic heterocycles. The van der Waals surface area contributed by atoms with Crippen LogP contribution in [0.2, 0.25) is 0 Å². The molecule has 0 radical (unpaired) electrons. The summed E-state index contributed by atoms with van der Waals surface area (Å²) in [7, 11) is 0. The van der Waals surface area contributed by atoms with Crippen LogP contribution >= 0.6 is 0 Å². The Morgan fingerprint density at radius 1 is 1.33 bits per heavy atom. The molecule has 0 unspecified atom stereocenters. The van der Waals surface area contributed by atoms with Crippen molar-refractivity contribution in [3.05, 3.63) is 42.9 Å². The van der Waals surface area contributed by atoms with Gasteiger partial charge >= 0.3 is 11.3 Å². The Labute approximate surface area is 102 Å². The first-order valence-corrected chi connectivity index (χ1v) is 5.77. The normalized spacial score (nSPS) is 11.3. The number of aromatic nitrogens is 2. The molecule has 0 atom stereocenters. The van der Waals surface area contributed by atoms with Crippen LogP contribution in [0.4, 0.5) is 0 Å². The number of nitrogens with zero attached hydrogens (tertiary/aromatic N) is 1. The number of aromatic amines is 1. The summed E-state index contributed by atoms with van der Waals surface area (Å²) < 4.78 is 6.32. The number of fused-ring (bicyclic) bond motifs is 1. The Balaban J connectivity index is 3.13. The van der Waals surface area contributed by atoms with Gasteiger partial charge in [-0.15, -0.1) is 0 Å². The van der Waals surface area contributed by atoms with E-state index < -0.39 is 16.9 Å². The molecule has 0 aliphatic rings. The first-order chi connectivity index (χ1) is 8.45. The molecule has 0 spiro atoms. The van der Waals surface area contributed by atoms with Gasteiger partial charge in [0.2, 0.25) is 5.71 Å². The second kappa shape index (κ2) is 4.29. The summed E-state index contributed by atoms with van der Waals surface area (Å²) in [4.78, 5) is 37.3. The summed E-state index contributed by atoms with van der Waals surface area (Å²) in [6.45, 7) is 5.38. The van der Waals surface area contributed by atoms with Crippen molar-refractivity contribution in [1.29, 1.82) is 0 Å². The maximum atomic E-state index is 11.8. The number of nitrogens with one attached hydrogen (secondary N) is 1. The van der Waals surface area contributed by atoms with E-state index in [4.69, 9.17) is 4.42 Å². The van der Waals surface area contributed by atoms with Crippen LogP contribution in [0.5, 0.6) is 0 Å². The van der Waals surface area contributed by atoms with E-state index in [9.17, 15) is 14.4 Å². The van der Waals surface area contributed by atoms with Crippen LogP contribution in [0, 0.1) is 0 Å². The summed E-state index contributed by atoms with van der Waals surface area (Å²) in [6.07, 6.45) is 0.515. The summed E-state index contributed by atoms with van der Waals surface area (Å²) in [5.74, 6) is 0. The minimum absolute atomic E-state index is 0.0445. The molecule has 2 heterocycles. The lowest BCUT2D eigenvalue weighted by atomic mass is 10.1. The van der Waals surface area contributed by atoms with E-state index in [0.29, 0.717) is 12.0 Å². The number of rotatable bonds is 2. The van der Waals surface area contributed by atoms with E-state index in [-0.39, 0.29) is 17.1 Å². The van der Waals surface area contributed by atoms with Crippen molar-refractivity contribution in [2.24, 2.45) is 0 Å². The third kappa shape index (κ3) is 1.79. The lowest BCUT2D eigenvalue weighted by Gasteiger charge is -2.12. The molecule has 1 N–H and O–H groups in total. The highest BCUT2D eigenvalue weighted by Crippen LogP contribution is 2.14. The molecule has 0 aliphatic carbocycles. The van der Waals surface area contributed by atoms with E-state index in [1.165, 1.54) is 10.6 Å². The molecular weight excluding hydrogens is 236 g/mol. The Kier molecular flexibility index (Phi) is 2.94. The van der Waals surface area contributed by atoms with Gasteiger partial charge in [-0.25, -0.2) is 9.59 Å². The fourth-order valence-electron chi connectivity index (χ4n) is 2.00. The van der Waals surface area contributed by atoms with Gasteiger partial charge in [0, 0.05) is 12.1 Å². The monoisotopic (exact) mass is 250 g/mol. The van der Waals surface area contributed by atoms with Crippen LogP contribution in [0.1, 0.15) is 32.4 Å². The highest BCUT2D eigenvalue weighted by Gasteiger charge is 2.15. The fraction of sp³-hybridized carbons (Fsp3) is 0.417. The average molecular weight is 250 g/mol. The Morgan fingerprint density at radius 3 is 2.56 bits per heavy atom. The SMILES string of the molecule is CCc1cc(=O)oc2c1c(=O)[nH]c(=O)n2C(C)C. The van der Waals surface area contributed by atoms with Gasteiger partial charge < -0.3 is 4.42 Å². The summed E-state index contributed by atoms with van der Waals surface area (Å²) in [5, 5.41) is 0.269. The molecule has 0 aromatic carbocycles. The molecule has 0 bridgehead atoms. The maximum absolute atomic E-state index is 11.8. The van der Waals surface area contributed by atoms with E-state index in [1.807, 2.05) is 6.92 Å². The van der Waals surface area contributed by atoms with Crippen LogP contribution in [0.15, 0.2) is 24.9 Å². The van der Waals surface area contributed by atoms with Gasteiger partial charge in [0.05, 0.1) is 0 Å². The zero-order chi connectivity index (χ0) is 13.4. The molecule has 0 fully saturated rings. The van der Waals surface area contributed by atoms with Crippen molar-refractivity contribution in [1.82, 2.24) is 9.55 Å². The Hall–Kier alpha value is -2.11. The first-order valence-electron chi connectivity index (χ1n) is 5.77. The first kappa shape index (κ1) is 12.3. The lowest BCUT2D eigenvalue weighted by Crippen LogP contribution is -2.32. The van der Waals surface area contributed by atoms with Crippen molar-refractivity contribution < 1.29 is 4.42 Å². The molecule has 6 nitrogen and oxygen atoms in total. The van der Waals surface area contributed by atoms with Crippen molar-refractivity contribution in [3.8, 4) is 0 Å². The Bertz CT molecular complexity index is 764. The standard InChI is InChI=1S/C12H14N2O4/c1-4-7-5-8(15)18-11-9(7)10(16)13-12(17)14(11)6(2)3/h5-6H,4H2,1-3H3,(H,13,16,17). The minimum atomic E-state index is -0.570. The van der Waals surface area contributed by atoms with Crippen molar-refractivity contribution in [2.75, 3.05) is 0 Å². The van der Waals surface area contributed by atoms with Gasteiger partial charge in [-0.3, -0.25) is 14.3 Å². The number of aryl methyl sites for hydroxylation is 1. The molecule has 0 amide bonds. The predicted molar refractivity (Wildman–Crippen MR) is 67.1 cm³/mol. The number of hydrogen-bond donors (Lipinski definition) is 1. The van der Waals surface area contributed by atoms with Crippen LogP contribution in [0.25, 0.3) is 11.1 Å². The quantitative estimate of drug-likeness (QED) is 0.853. The van der Waals surface area contributed by atoms with Gasteiger partial charge in [0.15, 0.2) is 0 Å². The second-order valence-electron chi connectivity index (χ2n) is 4.35. The topological polar surface area (TPSA) is 85.1 Å². The largest absolute Gasteiger partial charge is 0.405 e. The smallest absolute Gasteiger partial charge is 0.337 e. The van der Waals surface area contributed by atoms with Gasteiger partial charge in [-0.1, -0.05) is 6.92 Å². The van der Waals surface area contributed by atoms with Gasteiger partial charge in [0.25, 0.3) is 5.56 Å². The second-order valence-corrected chi connectivity index (χ2v) is 4.35. The third-order valence-electron chi connectivity index (χ3n) is 2.81. The minimum Gasteiger partial charge on any atom is -0.405 e. The predicted octanol–water partition coefficient (Wildman–Crippen LogP) is 0.786. The van der Waals surface area contributed by atoms with Gasteiger partial charge in [-0.05, 0) is 25.8 Å². The summed E-state index contributed by atoms with van der Waals surface area (Å²) in [5.41, 5.74) is -1.02. The van der Waals surface area contributed by atoms with Gasteiger partial charge in [-0.2, -0.15) is 0 Å². The zero-order valence-electron chi connectivity index (χ0n) is 10.4. The molecule has 18 heavy (non-hydrogen) atoms. The van der Waals surface area contributed by atoms with E-state index >= 15 is 0 Å². The molecular formula is C12H14N2O4. The summed E-state index contributed by atoms with van der Waals surface area (Å²) >= 11 is 0. The average Bonchev–Trinajstić information content (AvgIpc) is 2.26. The van der Waals surface area contributed by atoms with Gasteiger partial charge in [0.1, 0.15) is 5.39 Å². The highest BCUT2D eigenvalue weighted by atomic mass is 16.4. The molecule has 96 valence electrons. The number of hydrogen-bond acceptors (Lipinski definition) is 4. The molecule has 0 saturated carbocycles. The van der Waals surface area contributed by atoms with Crippen molar-refractivity contribution in [3.63, 3.8) is 0 Å². The lowest BCUT2D eigenvalue weighted by molar-refractivity contribution is 0.479. The third-order valence-corrected chi connectivity index (χ3v) is 2.81. The van der Waals surface area contributed by atoms with Crippen molar-refractivity contribution in [2.45, 2.75) is 33.2 Å². The molecule has 2 rings (SSSR count). The van der Waals surface area contributed by atoms with Crippen LogP contribution in [-0.2, 0) is 6.42 Å². The molecule has 2 aromatic rings. The van der Waals surface area contributed by atoms with E-state index in [2.05, 4.69) is 4.98 Å². The molecule has 6 heteroatoms. The van der Waals surface area contributed by atoms with Crippen LogP contribution in [-0.4, -0.2) is 9.55 Å².